The second-order valence-electron chi connectivity index (χ2n) is 6.06. The SMILES string of the molecule is COc1cc(/C=N/NC(=O)c2ccccc2NS(=O)(=O)c2cccs2)cc(OC)c1O. The lowest BCUT2D eigenvalue weighted by Gasteiger charge is -2.11. The van der Waals surface area contributed by atoms with Crippen molar-refractivity contribution < 1.29 is 27.8 Å². The number of phenolic OH excluding ortho intramolecular Hbond substituents is 1. The Bertz CT molecular complexity index is 1180. The number of phenols is 1. The van der Waals surface area contributed by atoms with Crippen LogP contribution in [0.25, 0.3) is 0 Å². The second kappa shape index (κ2) is 9.49. The number of carbonyl (C=O) groups excluding carboxylic acids is 1. The molecule has 3 N–H and O–H groups in total. The fourth-order valence-electron chi connectivity index (χ4n) is 2.60. The van der Waals surface area contributed by atoms with Crippen molar-refractivity contribution in [3.63, 3.8) is 0 Å². The molecule has 0 aliphatic carbocycles. The van der Waals surface area contributed by atoms with Crippen molar-refractivity contribution in [3.05, 3.63) is 65.0 Å². The molecule has 3 aromatic rings. The maximum atomic E-state index is 12.6. The summed E-state index contributed by atoms with van der Waals surface area (Å²) in [4.78, 5) is 12.6. The zero-order valence-corrected chi connectivity index (χ0v) is 18.2. The molecule has 0 aliphatic rings. The first kappa shape index (κ1) is 22.1. The number of sulfonamides is 1. The molecule has 1 amide bonds. The Kier molecular flexibility index (Phi) is 6.78. The van der Waals surface area contributed by atoms with Crippen LogP contribution in [0, 0.1) is 0 Å². The van der Waals surface area contributed by atoms with Gasteiger partial charge in [0, 0.05) is 5.56 Å². The molecule has 0 saturated heterocycles. The second-order valence-corrected chi connectivity index (χ2v) is 8.91. The summed E-state index contributed by atoms with van der Waals surface area (Å²) in [7, 11) is -1.02. The van der Waals surface area contributed by atoms with Gasteiger partial charge in [0.25, 0.3) is 15.9 Å². The quantitative estimate of drug-likeness (QED) is 0.350. The zero-order chi connectivity index (χ0) is 22.4. The van der Waals surface area contributed by atoms with Crippen LogP contribution in [0.15, 0.2) is 63.2 Å². The van der Waals surface area contributed by atoms with Crippen molar-refractivity contribution in [2.75, 3.05) is 18.9 Å². The maximum absolute atomic E-state index is 12.6. The van der Waals surface area contributed by atoms with E-state index in [2.05, 4.69) is 15.2 Å². The third-order valence-electron chi connectivity index (χ3n) is 4.06. The highest BCUT2D eigenvalue weighted by Gasteiger charge is 2.19. The molecule has 0 saturated carbocycles. The molecule has 11 heteroatoms. The van der Waals surface area contributed by atoms with Gasteiger partial charge in [-0.2, -0.15) is 5.10 Å². The van der Waals surface area contributed by atoms with E-state index in [9.17, 15) is 18.3 Å². The number of carbonyl (C=O) groups is 1. The Hall–Kier alpha value is -3.57. The van der Waals surface area contributed by atoms with Crippen LogP contribution in [0.5, 0.6) is 17.2 Å². The number of thiophene rings is 1. The van der Waals surface area contributed by atoms with Crippen molar-refractivity contribution >= 4 is 39.2 Å². The number of hydrogen-bond acceptors (Lipinski definition) is 8. The Labute approximate surface area is 183 Å². The van der Waals surface area contributed by atoms with E-state index in [4.69, 9.17) is 9.47 Å². The molecule has 2 aromatic carbocycles. The number of anilines is 1. The molecule has 31 heavy (non-hydrogen) atoms. The van der Waals surface area contributed by atoms with E-state index in [0.717, 1.165) is 11.3 Å². The van der Waals surface area contributed by atoms with Gasteiger partial charge in [0.2, 0.25) is 5.75 Å². The predicted molar refractivity (Wildman–Crippen MR) is 118 cm³/mol. The fourth-order valence-corrected chi connectivity index (χ4v) is 4.67. The first-order valence-electron chi connectivity index (χ1n) is 8.79. The van der Waals surface area contributed by atoms with Crippen molar-refractivity contribution in [2.24, 2.45) is 5.10 Å². The van der Waals surface area contributed by atoms with Crippen LogP contribution < -0.4 is 19.6 Å². The number of nitrogens with zero attached hydrogens (tertiary/aromatic N) is 1. The van der Waals surface area contributed by atoms with E-state index in [0.29, 0.717) is 5.56 Å². The minimum Gasteiger partial charge on any atom is -0.502 e. The highest BCUT2D eigenvalue weighted by atomic mass is 32.2. The molecule has 0 unspecified atom stereocenters. The van der Waals surface area contributed by atoms with Crippen LogP contribution in [0.2, 0.25) is 0 Å². The van der Waals surface area contributed by atoms with Crippen LogP contribution in [-0.2, 0) is 10.0 Å². The van der Waals surface area contributed by atoms with Gasteiger partial charge in [0.1, 0.15) is 4.21 Å². The average Bonchev–Trinajstić information content (AvgIpc) is 3.31. The van der Waals surface area contributed by atoms with E-state index in [1.54, 1.807) is 23.6 Å². The molecule has 0 fully saturated rings. The number of methoxy groups -OCH3 is 2. The molecule has 0 aliphatic heterocycles. The molecular formula is C20H19N3O6S2. The van der Waals surface area contributed by atoms with E-state index in [-0.39, 0.29) is 32.7 Å². The summed E-state index contributed by atoms with van der Waals surface area (Å²) in [6.45, 7) is 0. The van der Waals surface area contributed by atoms with Crippen LogP contribution in [-0.4, -0.2) is 39.9 Å². The topological polar surface area (TPSA) is 126 Å². The summed E-state index contributed by atoms with van der Waals surface area (Å²) in [6.07, 6.45) is 1.33. The number of hydrogen-bond donors (Lipinski definition) is 3. The minimum absolute atomic E-state index is 0.0978. The van der Waals surface area contributed by atoms with Crippen molar-refractivity contribution in [3.8, 4) is 17.2 Å². The Morgan fingerprint density at radius 3 is 2.39 bits per heavy atom. The number of benzene rings is 2. The average molecular weight is 462 g/mol. The Morgan fingerprint density at radius 2 is 1.77 bits per heavy atom. The summed E-state index contributed by atoms with van der Waals surface area (Å²) < 4.78 is 37.7. The molecule has 1 heterocycles. The summed E-state index contributed by atoms with van der Waals surface area (Å²) in [6, 6.07) is 12.3. The van der Waals surface area contributed by atoms with Crippen LogP contribution in [0.1, 0.15) is 15.9 Å². The summed E-state index contributed by atoms with van der Waals surface area (Å²) in [5.41, 5.74) is 3.07. The van der Waals surface area contributed by atoms with E-state index in [1.165, 1.54) is 50.8 Å². The summed E-state index contributed by atoms with van der Waals surface area (Å²) >= 11 is 1.07. The summed E-state index contributed by atoms with van der Waals surface area (Å²) in [5, 5.41) is 15.5. The van der Waals surface area contributed by atoms with Crippen LogP contribution >= 0.6 is 11.3 Å². The van der Waals surface area contributed by atoms with Gasteiger partial charge in [-0.3, -0.25) is 9.52 Å². The fraction of sp³-hybridized carbons (Fsp3) is 0.100. The first-order chi connectivity index (χ1) is 14.9. The third-order valence-corrected chi connectivity index (χ3v) is 6.82. The number of para-hydroxylation sites is 1. The molecule has 0 bridgehead atoms. The molecule has 1 aromatic heterocycles. The molecule has 0 atom stereocenters. The Balaban J connectivity index is 1.78. The first-order valence-corrected chi connectivity index (χ1v) is 11.2. The normalized spacial score (nSPS) is 11.3. The highest BCUT2D eigenvalue weighted by molar-refractivity contribution is 7.94. The minimum atomic E-state index is -3.81. The van der Waals surface area contributed by atoms with Crippen molar-refractivity contribution in [1.29, 1.82) is 0 Å². The van der Waals surface area contributed by atoms with Gasteiger partial charge in [0.15, 0.2) is 11.5 Å². The summed E-state index contributed by atoms with van der Waals surface area (Å²) in [5.74, 6) is -0.405. The lowest BCUT2D eigenvalue weighted by atomic mass is 10.2. The molecule has 0 spiro atoms. The van der Waals surface area contributed by atoms with E-state index in [1.807, 2.05) is 0 Å². The van der Waals surface area contributed by atoms with Gasteiger partial charge in [-0.1, -0.05) is 18.2 Å². The van der Waals surface area contributed by atoms with Gasteiger partial charge >= 0.3 is 0 Å². The van der Waals surface area contributed by atoms with Crippen molar-refractivity contribution in [2.45, 2.75) is 4.21 Å². The molecule has 162 valence electrons. The smallest absolute Gasteiger partial charge is 0.273 e. The monoisotopic (exact) mass is 461 g/mol. The van der Waals surface area contributed by atoms with Gasteiger partial charge in [-0.05, 0) is 35.7 Å². The highest BCUT2D eigenvalue weighted by Crippen LogP contribution is 2.36. The largest absolute Gasteiger partial charge is 0.502 e. The number of aromatic hydroxyl groups is 1. The number of ether oxygens (including phenoxy) is 2. The van der Waals surface area contributed by atoms with Gasteiger partial charge in [-0.15, -0.1) is 11.3 Å². The lowest BCUT2D eigenvalue weighted by Crippen LogP contribution is -2.21. The molecular weight excluding hydrogens is 442 g/mol. The van der Waals surface area contributed by atoms with Gasteiger partial charge < -0.3 is 14.6 Å². The van der Waals surface area contributed by atoms with E-state index >= 15 is 0 Å². The standard InChI is InChI=1S/C20H19N3O6S2/c1-28-16-10-13(11-17(29-2)19(16)24)12-21-22-20(25)14-6-3-4-7-15(14)23-31(26,27)18-8-5-9-30-18/h3-12,23-24H,1-2H3,(H,22,25)/b21-12+. The number of rotatable bonds is 8. The third kappa shape index (κ3) is 5.13. The lowest BCUT2D eigenvalue weighted by molar-refractivity contribution is 0.0956. The number of nitrogens with one attached hydrogen (secondary N) is 2. The van der Waals surface area contributed by atoms with Crippen LogP contribution in [0.4, 0.5) is 5.69 Å². The van der Waals surface area contributed by atoms with Crippen molar-refractivity contribution in [1.82, 2.24) is 5.43 Å². The van der Waals surface area contributed by atoms with Gasteiger partial charge in [0.05, 0.1) is 31.7 Å². The van der Waals surface area contributed by atoms with Crippen LogP contribution in [0.3, 0.4) is 0 Å². The Morgan fingerprint density at radius 1 is 1.10 bits per heavy atom. The molecule has 3 rings (SSSR count). The number of amides is 1. The number of hydrazone groups is 1. The maximum Gasteiger partial charge on any atom is 0.273 e. The predicted octanol–water partition coefficient (Wildman–Crippen LogP) is 3.04. The molecule has 9 nitrogen and oxygen atoms in total. The molecule has 0 radical (unpaired) electrons. The van der Waals surface area contributed by atoms with Gasteiger partial charge in [-0.25, -0.2) is 13.8 Å². The zero-order valence-electron chi connectivity index (χ0n) is 16.5. The van der Waals surface area contributed by atoms with E-state index < -0.39 is 15.9 Å².